The van der Waals surface area contributed by atoms with E-state index in [2.05, 4.69) is 34.2 Å². The summed E-state index contributed by atoms with van der Waals surface area (Å²) < 4.78 is 5.39. The van der Waals surface area contributed by atoms with Crippen LogP contribution < -0.4 is 5.32 Å². The third-order valence-corrected chi connectivity index (χ3v) is 5.59. The predicted octanol–water partition coefficient (Wildman–Crippen LogP) is 2.51. The van der Waals surface area contributed by atoms with Gasteiger partial charge in [0.15, 0.2) is 5.82 Å². The molecule has 2 fully saturated rings. The van der Waals surface area contributed by atoms with Gasteiger partial charge in [-0.1, -0.05) is 24.9 Å². The highest BCUT2D eigenvalue weighted by Gasteiger charge is 2.37. The Morgan fingerprint density at radius 2 is 2.17 bits per heavy atom. The van der Waals surface area contributed by atoms with E-state index in [-0.39, 0.29) is 11.3 Å². The molecule has 1 aromatic rings. The Kier molecular flexibility index (Phi) is 5.54. The summed E-state index contributed by atoms with van der Waals surface area (Å²) in [6, 6.07) is 0. The maximum Gasteiger partial charge on any atom is 0.229 e. The lowest BCUT2D eigenvalue weighted by atomic mass is 9.81. The average molecular weight is 334 g/mol. The van der Waals surface area contributed by atoms with Crippen molar-refractivity contribution in [2.75, 3.05) is 26.2 Å². The third-order valence-electron chi connectivity index (χ3n) is 5.59. The van der Waals surface area contributed by atoms with Crippen molar-refractivity contribution in [3.63, 3.8) is 0 Å². The first-order chi connectivity index (χ1) is 11.6. The number of nitrogens with one attached hydrogen (secondary N) is 1. The number of carbonyl (C=O) groups excluding carboxylic acids is 1. The van der Waals surface area contributed by atoms with E-state index in [9.17, 15) is 4.79 Å². The van der Waals surface area contributed by atoms with Crippen LogP contribution in [0.1, 0.15) is 70.0 Å². The Morgan fingerprint density at radius 3 is 2.92 bits per heavy atom. The van der Waals surface area contributed by atoms with E-state index in [0.717, 1.165) is 51.2 Å². The molecule has 1 aliphatic carbocycles. The molecule has 2 heterocycles. The summed E-state index contributed by atoms with van der Waals surface area (Å²) in [5.74, 6) is 2.09. The van der Waals surface area contributed by atoms with E-state index in [0.29, 0.717) is 24.7 Å². The monoisotopic (exact) mass is 334 g/mol. The number of piperidine rings is 1. The van der Waals surface area contributed by atoms with E-state index >= 15 is 0 Å². The minimum absolute atomic E-state index is 0.153. The van der Waals surface area contributed by atoms with E-state index < -0.39 is 0 Å². The van der Waals surface area contributed by atoms with E-state index in [1.165, 1.54) is 12.8 Å². The fourth-order valence-electron chi connectivity index (χ4n) is 4.01. The maximum atomic E-state index is 12.6. The van der Waals surface area contributed by atoms with Gasteiger partial charge >= 0.3 is 0 Å². The fraction of sp³-hybridized carbons (Fsp3) is 0.833. The molecular weight excluding hydrogens is 304 g/mol. The Morgan fingerprint density at radius 1 is 1.38 bits per heavy atom. The summed E-state index contributed by atoms with van der Waals surface area (Å²) in [5, 5.41) is 7.14. The first kappa shape index (κ1) is 17.4. The van der Waals surface area contributed by atoms with Crippen LogP contribution in [0.5, 0.6) is 0 Å². The summed E-state index contributed by atoms with van der Waals surface area (Å²) in [6.07, 6.45) is 7.51. The van der Waals surface area contributed by atoms with Crippen LogP contribution in [0.3, 0.4) is 0 Å². The Labute approximate surface area is 144 Å². The molecule has 1 N–H and O–H groups in total. The molecule has 1 aromatic heterocycles. The lowest BCUT2D eigenvalue weighted by Crippen LogP contribution is -2.50. The second-order valence-corrected chi connectivity index (χ2v) is 7.57. The standard InChI is InChI=1S/C18H30N4O2/c1-3-22-12-6-10-18(2,13-22)17(23)19-11-9-15-20-16(24-21-15)14-7-4-5-8-14/h14H,3-13H2,1-2H3,(H,19,23)/t18-/m1/s1. The number of carbonyl (C=O) groups is 1. The Balaban J connectivity index is 1.46. The molecule has 2 aliphatic rings. The van der Waals surface area contributed by atoms with Crippen molar-refractivity contribution in [2.45, 2.75) is 64.7 Å². The molecule has 1 aliphatic heterocycles. The SMILES string of the molecule is CCN1CCC[C@@](C)(C(=O)NCCc2noc(C3CCCC3)n2)C1. The minimum Gasteiger partial charge on any atom is -0.355 e. The Hall–Kier alpha value is -1.43. The van der Waals surface area contributed by atoms with Crippen molar-refractivity contribution in [3.05, 3.63) is 11.7 Å². The lowest BCUT2D eigenvalue weighted by Gasteiger charge is -2.38. The van der Waals surface area contributed by atoms with Crippen LogP contribution in [0.4, 0.5) is 0 Å². The number of amides is 1. The minimum atomic E-state index is -0.277. The molecule has 0 aromatic carbocycles. The highest BCUT2D eigenvalue weighted by Crippen LogP contribution is 2.33. The van der Waals surface area contributed by atoms with Crippen molar-refractivity contribution >= 4 is 5.91 Å². The quantitative estimate of drug-likeness (QED) is 0.865. The first-order valence-corrected chi connectivity index (χ1v) is 9.44. The van der Waals surface area contributed by atoms with Crippen LogP contribution in [-0.2, 0) is 11.2 Å². The van der Waals surface area contributed by atoms with Crippen molar-refractivity contribution in [1.29, 1.82) is 0 Å². The van der Waals surface area contributed by atoms with Gasteiger partial charge in [-0.25, -0.2) is 0 Å². The van der Waals surface area contributed by atoms with Crippen LogP contribution in [-0.4, -0.2) is 47.1 Å². The number of rotatable bonds is 6. The van der Waals surface area contributed by atoms with Gasteiger partial charge in [0.05, 0.1) is 5.41 Å². The number of nitrogens with zero attached hydrogens (tertiary/aromatic N) is 3. The molecule has 1 saturated carbocycles. The van der Waals surface area contributed by atoms with Crippen molar-refractivity contribution in [3.8, 4) is 0 Å². The second kappa shape index (κ2) is 7.64. The molecule has 0 spiro atoms. The molecule has 0 unspecified atom stereocenters. The van der Waals surface area contributed by atoms with E-state index in [1.54, 1.807) is 0 Å². The van der Waals surface area contributed by atoms with Gasteiger partial charge in [0.2, 0.25) is 11.8 Å². The molecule has 6 nitrogen and oxygen atoms in total. The number of likely N-dealkylation sites (tertiary alicyclic amines) is 1. The second-order valence-electron chi connectivity index (χ2n) is 7.57. The van der Waals surface area contributed by atoms with Crippen molar-refractivity contribution in [1.82, 2.24) is 20.4 Å². The summed E-state index contributed by atoms with van der Waals surface area (Å²) in [4.78, 5) is 19.4. The van der Waals surface area contributed by atoms with Gasteiger partial charge in [0.1, 0.15) is 0 Å². The summed E-state index contributed by atoms with van der Waals surface area (Å²) in [5.41, 5.74) is -0.277. The smallest absolute Gasteiger partial charge is 0.229 e. The maximum absolute atomic E-state index is 12.6. The highest BCUT2D eigenvalue weighted by atomic mass is 16.5. The molecule has 24 heavy (non-hydrogen) atoms. The molecule has 134 valence electrons. The molecule has 3 rings (SSSR count). The summed E-state index contributed by atoms with van der Waals surface area (Å²) in [7, 11) is 0. The number of hydrogen-bond acceptors (Lipinski definition) is 5. The van der Waals surface area contributed by atoms with Crippen LogP contribution in [0, 0.1) is 5.41 Å². The van der Waals surface area contributed by atoms with Crippen molar-refractivity contribution < 1.29 is 9.32 Å². The molecule has 6 heteroatoms. The third kappa shape index (κ3) is 3.97. The van der Waals surface area contributed by atoms with Gasteiger partial charge in [0, 0.05) is 25.4 Å². The molecule has 0 bridgehead atoms. The topological polar surface area (TPSA) is 71.3 Å². The first-order valence-electron chi connectivity index (χ1n) is 9.44. The zero-order chi connectivity index (χ0) is 17.0. The molecular formula is C18H30N4O2. The molecule has 0 radical (unpaired) electrons. The summed E-state index contributed by atoms with van der Waals surface area (Å²) >= 11 is 0. The molecule has 1 saturated heterocycles. The summed E-state index contributed by atoms with van der Waals surface area (Å²) in [6.45, 7) is 7.77. The largest absolute Gasteiger partial charge is 0.355 e. The Bertz CT molecular complexity index is 553. The lowest BCUT2D eigenvalue weighted by molar-refractivity contribution is -0.133. The average Bonchev–Trinajstić information content (AvgIpc) is 3.26. The molecule has 1 amide bonds. The van der Waals surface area contributed by atoms with Gasteiger partial charge < -0.3 is 14.7 Å². The van der Waals surface area contributed by atoms with Gasteiger partial charge in [-0.2, -0.15) is 4.98 Å². The number of hydrogen-bond donors (Lipinski definition) is 1. The van der Waals surface area contributed by atoms with Crippen LogP contribution in [0.15, 0.2) is 4.52 Å². The van der Waals surface area contributed by atoms with Gasteiger partial charge in [-0.15, -0.1) is 0 Å². The number of aromatic nitrogens is 2. The van der Waals surface area contributed by atoms with E-state index in [4.69, 9.17) is 4.52 Å². The zero-order valence-corrected chi connectivity index (χ0v) is 15.0. The molecule has 1 atom stereocenters. The van der Waals surface area contributed by atoms with Gasteiger partial charge in [0.25, 0.3) is 0 Å². The van der Waals surface area contributed by atoms with E-state index in [1.807, 2.05) is 0 Å². The fourth-order valence-corrected chi connectivity index (χ4v) is 4.01. The van der Waals surface area contributed by atoms with Gasteiger partial charge in [-0.05, 0) is 45.7 Å². The van der Waals surface area contributed by atoms with Crippen LogP contribution >= 0.6 is 0 Å². The van der Waals surface area contributed by atoms with Crippen LogP contribution in [0.25, 0.3) is 0 Å². The van der Waals surface area contributed by atoms with Gasteiger partial charge in [-0.3, -0.25) is 4.79 Å². The highest BCUT2D eigenvalue weighted by molar-refractivity contribution is 5.82. The normalized spacial score (nSPS) is 25.9. The van der Waals surface area contributed by atoms with Crippen LogP contribution in [0.2, 0.25) is 0 Å². The zero-order valence-electron chi connectivity index (χ0n) is 15.0. The van der Waals surface area contributed by atoms with Crippen molar-refractivity contribution in [2.24, 2.45) is 5.41 Å². The predicted molar refractivity (Wildman–Crippen MR) is 91.7 cm³/mol.